The predicted octanol–water partition coefficient (Wildman–Crippen LogP) is -2.14. The van der Waals surface area contributed by atoms with Crippen molar-refractivity contribution >= 4 is 21.5 Å². The lowest BCUT2D eigenvalue weighted by Crippen LogP contribution is -3.00. The average Bonchev–Trinajstić information content (AvgIpc) is 2.84. The number of pyridine rings is 2. The number of aromatic nitrogens is 2. The van der Waals surface area contributed by atoms with Crippen LogP contribution in [0.25, 0.3) is 21.5 Å². The molecule has 6 nitrogen and oxygen atoms in total. The standard InChI is InChI=1S/C27H32N2O4.2HI/c1-28-12-10-18-14-24(30-3)26(32-5)16-20(18)22(28)8-7-9-23-21-17-27(33-6)25(31-4)15-19(21)11-13-29(23)2;;/h10-17H,7-9H2,1-6H3;2*1H/q+2;;/p-2. The lowest BCUT2D eigenvalue weighted by molar-refractivity contribution is -0.679. The van der Waals surface area contributed by atoms with Crippen LogP contribution in [0.2, 0.25) is 0 Å². The first kappa shape index (κ1) is 29.2. The lowest BCUT2D eigenvalue weighted by atomic mass is 10.0. The predicted molar refractivity (Wildman–Crippen MR) is 128 cm³/mol. The van der Waals surface area contributed by atoms with E-state index in [4.69, 9.17) is 18.9 Å². The van der Waals surface area contributed by atoms with Crippen LogP contribution >= 0.6 is 0 Å². The smallest absolute Gasteiger partial charge is 0.189 e. The molecule has 2 aromatic heterocycles. The van der Waals surface area contributed by atoms with Gasteiger partial charge in [-0.3, -0.25) is 0 Å². The normalized spacial score (nSPS) is 10.5. The second-order valence-corrected chi connectivity index (χ2v) is 8.19. The van der Waals surface area contributed by atoms with Gasteiger partial charge in [-0.2, -0.15) is 0 Å². The van der Waals surface area contributed by atoms with Gasteiger partial charge in [-0.15, -0.1) is 0 Å². The molecule has 0 saturated carbocycles. The van der Waals surface area contributed by atoms with Crippen molar-refractivity contribution in [2.45, 2.75) is 19.3 Å². The quantitative estimate of drug-likeness (QED) is 0.156. The number of aryl methyl sites for hydroxylation is 4. The Morgan fingerprint density at radius 2 is 0.914 bits per heavy atom. The van der Waals surface area contributed by atoms with Crippen molar-refractivity contribution in [3.8, 4) is 23.0 Å². The number of benzene rings is 2. The molecule has 4 aromatic rings. The van der Waals surface area contributed by atoms with Gasteiger partial charge in [0, 0.05) is 25.0 Å². The summed E-state index contributed by atoms with van der Waals surface area (Å²) < 4.78 is 26.5. The fourth-order valence-electron chi connectivity index (χ4n) is 4.55. The molecule has 35 heavy (non-hydrogen) atoms. The van der Waals surface area contributed by atoms with E-state index in [-0.39, 0.29) is 48.0 Å². The number of halogens is 2. The zero-order valence-electron chi connectivity index (χ0n) is 21.0. The average molecular weight is 702 g/mol. The summed E-state index contributed by atoms with van der Waals surface area (Å²) >= 11 is 0. The molecule has 0 radical (unpaired) electrons. The van der Waals surface area contributed by atoms with Gasteiger partial charge in [0.1, 0.15) is 14.1 Å². The fraction of sp³-hybridized carbons (Fsp3) is 0.333. The maximum absolute atomic E-state index is 5.56. The highest BCUT2D eigenvalue weighted by atomic mass is 127. The highest BCUT2D eigenvalue weighted by Gasteiger charge is 2.19. The number of rotatable bonds is 8. The van der Waals surface area contributed by atoms with Crippen LogP contribution in [0.15, 0.2) is 48.8 Å². The first-order valence-electron chi connectivity index (χ1n) is 11.1. The maximum Gasteiger partial charge on any atom is 0.189 e. The van der Waals surface area contributed by atoms with Crippen molar-refractivity contribution in [1.82, 2.24) is 0 Å². The van der Waals surface area contributed by atoms with Gasteiger partial charge in [-0.05, 0) is 41.5 Å². The van der Waals surface area contributed by atoms with Gasteiger partial charge < -0.3 is 66.9 Å². The molecule has 0 atom stereocenters. The van der Waals surface area contributed by atoms with Crippen LogP contribution in [-0.2, 0) is 26.9 Å². The van der Waals surface area contributed by atoms with Gasteiger partial charge in [-0.25, -0.2) is 9.13 Å². The summed E-state index contributed by atoms with van der Waals surface area (Å²) in [6.45, 7) is 0. The molecule has 0 N–H and O–H groups in total. The molecular formula is C27H32I2N2O4. The number of methoxy groups -OCH3 is 4. The molecule has 0 amide bonds. The summed E-state index contributed by atoms with van der Waals surface area (Å²) in [6.07, 6.45) is 7.10. The summed E-state index contributed by atoms with van der Waals surface area (Å²) in [6, 6.07) is 12.5. The molecule has 188 valence electrons. The molecule has 2 heterocycles. The van der Waals surface area contributed by atoms with E-state index in [2.05, 4.69) is 59.9 Å². The Labute approximate surface area is 241 Å². The van der Waals surface area contributed by atoms with E-state index in [1.54, 1.807) is 28.4 Å². The zero-order chi connectivity index (χ0) is 23.5. The third kappa shape index (κ3) is 5.84. The van der Waals surface area contributed by atoms with E-state index in [1.807, 2.05) is 12.1 Å². The third-order valence-electron chi connectivity index (χ3n) is 6.37. The largest absolute Gasteiger partial charge is 1.00 e. The monoisotopic (exact) mass is 702 g/mol. The maximum atomic E-state index is 5.56. The number of hydrogen-bond donors (Lipinski definition) is 0. The van der Waals surface area contributed by atoms with E-state index in [9.17, 15) is 0 Å². The molecule has 0 saturated heterocycles. The minimum absolute atomic E-state index is 0. The van der Waals surface area contributed by atoms with Crippen molar-refractivity contribution in [3.63, 3.8) is 0 Å². The molecule has 2 aromatic carbocycles. The van der Waals surface area contributed by atoms with Gasteiger partial charge in [0.25, 0.3) is 0 Å². The van der Waals surface area contributed by atoms with Gasteiger partial charge in [0.15, 0.2) is 46.8 Å². The first-order chi connectivity index (χ1) is 16.0. The van der Waals surface area contributed by atoms with Gasteiger partial charge in [-0.1, -0.05) is 0 Å². The SMILES string of the molecule is COc1cc2cc[n+](C)c(CCCc3c4cc(OC)c(OC)cc4cc[n+]3C)c2cc1OC.[I-].[I-]. The minimum Gasteiger partial charge on any atom is -1.00 e. The van der Waals surface area contributed by atoms with Crippen molar-refractivity contribution in [2.75, 3.05) is 28.4 Å². The fourth-order valence-corrected chi connectivity index (χ4v) is 4.55. The van der Waals surface area contributed by atoms with Gasteiger partial charge >= 0.3 is 0 Å². The summed E-state index contributed by atoms with van der Waals surface area (Å²) in [7, 11) is 10.9. The Bertz CT molecular complexity index is 1230. The third-order valence-corrected chi connectivity index (χ3v) is 6.37. The van der Waals surface area contributed by atoms with Crippen molar-refractivity contribution in [1.29, 1.82) is 0 Å². The van der Waals surface area contributed by atoms with E-state index in [0.29, 0.717) is 0 Å². The van der Waals surface area contributed by atoms with Crippen LogP contribution in [0.3, 0.4) is 0 Å². The molecular weight excluding hydrogens is 670 g/mol. The highest BCUT2D eigenvalue weighted by molar-refractivity contribution is 5.88. The van der Waals surface area contributed by atoms with Crippen molar-refractivity contribution in [3.05, 3.63) is 60.2 Å². The Balaban J connectivity index is 0.00000216. The minimum atomic E-state index is 0. The van der Waals surface area contributed by atoms with Crippen molar-refractivity contribution in [2.24, 2.45) is 14.1 Å². The molecule has 0 fully saturated rings. The molecule has 8 heteroatoms. The van der Waals surface area contributed by atoms with Gasteiger partial charge in [0.05, 0.1) is 39.2 Å². The lowest BCUT2D eigenvalue weighted by Gasteiger charge is -2.12. The number of fused-ring (bicyclic) bond motifs is 2. The van der Waals surface area contributed by atoms with Crippen LogP contribution in [0.1, 0.15) is 17.8 Å². The first-order valence-corrected chi connectivity index (χ1v) is 11.1. The Morgan fingerprint density at radius 3 is 1.26 bits per heavy atom. The highest BCUT2D eigenvalue weighted by Crippen LogP contribution is 2.34. The molecule has 0 spiro atoms. The summed E-state index contributed by atoms with van der Waals surface area (Å²) in [5.74, 6) is 2.99. The summed E-state index contributed by atoms with van der Waals surface area (Å²) in [4.78, 5) is 0. The second-order valence-electron chi connectivity index (χ2n) is 8.19. The molecule has 4 rings (SSSR count). The van der Waals surface area contributed by atoms with E-state index < -0.39 is 0 Å². The Morgan fingerprint density at radius 1 is 0.571 bits per heavy atom. The van der Waals surface area contributed by atoms with Gasteiger partial charge in [0.2, 0.25) is 0 Å². The van der Waals surface area contributed by atoms with Crippen LogP contribution < -0.4 is 76.0 Å². The molecule has 0 unspecified atom stereocenters. The van der Waals surface area contributed by atoms with Crippen LogP contribution in [-0.4, -0.2) is 28.4 Å². The topological polar surface area (TPSA) is 44.7 Å². The number of nitrogens with zero attached hydrogens (tertiary/aromatic N) is 2. The Kier molecular flexibility index (Phi) is 10.6. The summed E-state index contributed by atoms with van der Waals surface area (Å²) in [5.41, 5.74) is 2.55. The summed E-state index contributed by atoms with van der Waals surface area (Å²) in [5, 5.41) is 4.67. The van der Waals surface area contributed by atoms with E-state index in [1.165, 1.54) is 22.2 Å². The molecule has 0 bridgehead atoms. The number of ether oxygens (including phenoxy) is 4. The van der Waals surface area contributed by atoms with E-state index >= 15 is 0 Å². The Hall–Kier alpha value is -2.08. The van der Waals surface area contributed by atoms with Crippen molar-refractivity contribution < 1.29 is 76.0 Å². The number of hydrogen-bond acceptors (Lipinski definition) is 4. The van der Waals surface area contributed by atoms with Crippen LogP contribution in [0.4, 0.5) is 0 Å². The zero-order valence-corrected chi connectivity index (χ0v) is 25.3. The van der Waals surface area contributed by atoms with Crippen LogP contribution in [0, 0.1) is 0 Å². The molecule has 0 aliphatic carbocycles. The van der Waals surface area contributed by atoms with E-state index in [0.717, 1.165) is 53.0 Å². The molecule has 0 aliphatic rings. The second kappa shape index (κ2) is 12.8. The molecule has 0 aliphatic heterocycles. The van der Waals surface area contributed by atoms with Crippen LogP contribution in [0.5, 0.6) is 23.0 Å².